The quantitative estimate of drug-likeness (QED) is 0.424. The minimum Gasteiger partial charge on any atom is -0.480 e. The summed E-state index contributed by atoms with van der Waals surface area (Å²) in [7, 11) is 0. The van der Waals surface area contributed by atoms with Crippen LogP contribution in [0.4, 0.5) is 4.79 Å². The zero-order valence-electron chi connectivity index (χ0n) is 19.2. The van der Waals surface area contributed by atoms with E-state index >= 15 is 0 Å². The fourth-order valence-corrected chi connectivity index (χ4v) is 4.14. The van der Waals surface area contributed by atoms with Crippen LogP contribution in [0.2, 0.25) is 0 Å². The maximum absolute atomic E-state index is 12.1. The Morgan fingerprint density at radius 1 is 0.853 bits per heavy atom. The summed E-state index contributed by atoms with van der Waals surface area (Å²) in [5.74, 6) is -2.45. The van der Waals surface area contributed by atoms with Crippen LogP contribution >= 0.6 is 0 Å². The molecule has 4 N–H and O–H groups in total. The molecule has 1 aliphatic carbocycles. The number of ether oxygens (including phenoxy) is 1. The van der Waals surface area contributed by atoms with Crippen molar-refractivity contribution in [1.82, 2.24) is 16.0 Å². The molecule has 3 amide bonds. The lowest BCUT2D eigenvalue weighted by Crippen LogP contribution is -2.56. The largest absolute Gasteiger partial charge is 0.480 e. The lowest BCUT2D eigenvalue weighted by Gasteiger charge is -2.28. The van der Waals surface area contributed by atoms with Crippen molar-refractivity contribution in [3.63, 3.8) is 0 Å². The second kappa shape index (κ2) is 10.8. The SMILES string of the molecule is CCC(CC)(NC(=O)CNC(=O)CNC(=O)OCC1c2ccccc2-c2ccccc21)C(=O)O. The molecule has 2 aromatic rings. The van der Waals surface area contributed by atoms with Gasteiger partial charge >= 0.3 is 12.1 Å². The molecular weight excluding hydrogens is 438 g/mol. The van der Waals surface area contributed by atoms with E-state index in [1.54, 1.807) is 13.8 Å². The number of hydrogen-bond donors (Lipinski definition) is 4. The standard InChI is InChI=1S/C25H29N3O6/c1-3-25(4-2,23(31)32)28-22(30)14-26-21(29)13-27-24(33)34-15-20-18-11-7-5-9-16(18)17-10-6-8-12-19(17)20/h5-12,20H,3-4,13-15H2,1-2H3,(H,26,29)(H,27,33)(H,28,30)(H,31,32). The maximum Gasteiger partial charge on any atom is 0.407 e. The Balaban J connectivity index is 1.45. The van der Waals surface area contributed by atoms with Crippen LogP contribution in [0.15, 0.2) is 48.5 Å². The number of carbonyl (C=O) groups is 4. The lowest BCUT2D eigenvalue weighted by atomic mass is 9.93. The van der Waals surface area contributed by atoms with Gasteiger partial charge in [-0.15, -0.1) is 0 Å². The van der Waals surface area contributed by atoms with Crippen molar-refractivity contribution >= 4 is 23.9 Å². The van der Waals surface area contributed by atoms with Gasteiger partial charge in [0, 0.05) is 5.92 Å². The number of benzene rings is 2. The molecule has 180 valence electrons. The van der Waals surface area contributed by atoms with E-state index in [-0.39, 0.29) is 31.9 Å². The maximum atomic E-state index is 12.1. The minimum atomic E-state index is -1.37. The van der Waals surface area contributed by atoms with Gasteiger partial charge in [-0.25, -0.2) is 9.59 Å². The van der Waals surface area contributed by atoms with Crippen molar-refractivity contribution in [2.45, 2.75) is 38.1 Å². The third kappa shape index (κ3) is 5.36. The Labute approximate surface area is 197 Å². The van der Waals surface area contributed by atoms with Gasteiger partial charge < -0.3 is 25.8 Å². The highest BCUT2D eigenvalue weighted by molar-refractivity contribution is 5.90. The summed E-state index contributed by atoms with van der Waals surface area (Å²) >= 11 is 0. The molecule has 3 rings (SSSR count). The van der Waals surface area contributed by atoms with E-state index in [1.165, 1.54) is 0 Å². The van der Waals surface area contributed by atoms with Gasteiger partial charge in [0.25, 0.3) is 0 Å². The number of nitrogens with one attached hydrogen (secondary N) is 3. The summed E-state index contributed by atoms with van der Waals surface area (Å²) in [6, 6.07) is 15.9. The Morgan fingerprint density at radius 3 is 1.91 bits per heavy atom. The van der Waals surface area contributed by atoms with Gasteiger partial charge in [-0.1, -0.05) is 62.4 Å². The summed E-state index contributed by atoms with van der Waals surface area (Å²) in [6.07, 6.45) is -0.327. The fraction of sp³-hybridized carbons (Fsp3) is 0.360. The molecule has 0 spiro atoms. The predicted molar refractivity (Wildman–Crippen MR) is 125 cm³/mol. The van der Waals surface area contributed by atoms with Crippen LogP contribution in [0, 0.1) is 0 Å². The first-order valence-corrected chi connectivity index (χ1v) is 11.2. The zero-order chi connectivity index (χ0) is 24.7. The Bertz CT molecular complexity index is 1030. The van der Waals surface area contributed by atoms with E-state index in [0.717, 1.165) is 22.3 Å². The van der Waals surface area contributed by atoms with E-state index in [2.05, 4.69) is 16.0 Å². The number of rotatable bonds is 10. The molecule has 0 unspecified atom stereocenters. The van der Waals surface area contributed by atoms with Gasteiger partial charge in [0.15, 0.2) is 0 Å². The molecule has 9 nitrogen and oxygen atoms in total. The second-order valence-corrected chi connectivity index (χ2v) is 8.10. The highest BCUT2D eigenvalue weighted by atomic mass is 16.5. The van der Waals surface area contributed by atoms with Crippen molar-refractivity contribution in [2.24, 2.45) is 0 Å². The van der Waals surface area contributed by atoms with Gasteiger partial charge in [-0.3, -0.25) is 9.59 Å². The zero-order valence-corrected chi connectivity index (χ0v) is 19.2. The average molecular weight is 468 g/mol. The smallest absolute Gasteiger partial charge is 0.407 e. The third-order valence-electron chi connectivity index (χ3n) is 6.18. The van der Waals surface area contributed by atoms with Crippen molar-refractivity contribution in [3.8, 4) is 11.1 Å². The van der Waals surface area contributed by atoms with Crippen molar-refractivity contribution in [3.05, 3.63) is 59.7 Å². The Hall–Kier alpha value is -3.88. The molecule has 0 radical (unpaired) electrons. The molecule has 0 aliphatic heterocycles. The molecule has 0 bridgehead atoms. The summed E-state index contributed by atoms with van der Waals surface area (Å²) < 4.78 is 5.36. The van der Waals surface area contributed by atoms with E-state index < -0.39 is 36.0 Å². The van der Waals surface area contributed by atoms with E-state index in [0.29, 0.717) is 0 Å². The van der Waals surface area contributed by atoms with Crippen molar-refractivity contribution in [1.29, 1.82) is 0 Å². The summed E-state index contributed by atoms with van der Waals surface area (Å²) in [5.41, 5.74) is 3.01. The number of carboxylic acids is 1. The van der Waals surface area contributed by atoms with Crippen LogP contribution in [0.3, 0.4) is 0 Å². The van der Waals surface area contributed by atoms with Gasteiger partial charge in [0.1, 0.15) is 18.7 Å². The van der Waals surface area contributed by atoms with Gasteiger partial charge in [-0.05, 0) is 35.1 Å². The molecule has 0 heterocycles. The molecule has 1 aliphatic rings. The van der Waals surface area contributed by atoms with Crippen LogP contribution < -0.4 is 16.0 Å². The fourth-order valence-electron chi connectivity index (χ4n) is 4.14. The van der Waals surface area contributed by atoms with Gasteiger partial charge in [0.2, 0.25) is 11.8 Å². The number of fused-ring (bicyclic) bond motifs is 3. The van der Waals surface area contributed by atoms with Crippen LogP contribution in [0.5, 0.6) is 0 Å². The van der Waals surface area contributed by atoms with Gasteiger partial charge in [0.05, 0.1) is 6.54 Å². The first kappa shape index (κ1) is 24.8. The van der Waals surface area contributed by atoms with Crippen molar-refractivity contribution in [2.75, 3.05) is 19.7 Å². The molecule has 0 saturated heterocycles. The monoisotopic (exact) mass is 467 g/mol. The van der Waals surface area contributed by atoms with Gasteiger partial charge in [-0.2, -0.15) is 0 Å². The topological polar surface area (TPSA) is 134 Å². The minimum absolute atomic E-state index is 0.0951. The van der Waals surface area contributed by atoms with E-state index in [4.69, 9.17) is 4.74 Å². The molecule has 34 heavy (non-hydrogen) atoms. The Morgan fingerprint density at radius 2 is 1.38 bits per heavy atom. The number of carbonyl (C=O) groups excluding carboxylic acids is 3. The molecular formula is C25H29N3O6. The molecule has 9 heteroatoms. The predicted octanol–water partition coefficient (Wildman–Crippen LogP) is 2.40. The first-order chi connectivity index (χ1) is 16.3. The highest BCUT2D eigenvalue weighted by Gasteiger charge is 2.36. The van der Waals surface area contributed by atoms with Crippen LogP contribution in [0.25, 0.3) is 11.1 Å². The summed E-state index contributed by atoms with van der Waals surface area (Å²) in [4.78, 5) is 47.7. The molecule has 0 atom stereocenters. The summed E-state index contributed by atoms with van der Waals surface area (Å²) in [6.45, 7) is 2.66. The van der Waals surface area contributed by atoms with E-state index in [1.807, 2.05) is 48.5 Å². The highest BCUT2D eigenvalue weighted by Crippen LogP contribution is 2.44. The number of amides is 3. The second-order valence-electron chi connectivity index (χ2n) is 8.10. The van der Waals surface area contributed by atoms with Crippen LogP contribution in [-0.2, 0) is 19.1 Å². The third-order valence-corrected chi connectivity index (χ3v) is 6.18. The lowest BCUT2D eigenvalue weighted by molar-refractivity contribution is -0.148. The molecule has 0 fully saturated rings. The van der Waals surface area contributed by atoms with Crippen molar-refractivity contribution < 1.29 is 29.0 Å². The number of carboxylic acid groups (broad SMARTS) is 1. The summed E-state index contributed by atoms with van der Waals surface area (Å²) in [5, 5.41) is 16.5. The first-order valence-electron chi connectivity index (χ1n) is 11.2. The van der Waals surface area contributed by atoms with Crippen LogP contribution in [-0.4, -0.2) is 54.2 Å². The number of aliphatic carboxylic acids is 1. The number of alkyl carbamates (subject to hydrolysis) is 1. The average Bonchev–Trinajstić information content (AvgIpc) is 3.17. The Kier molecular flexibility index (Phi) is 7.88. The normalized spacial score (nSPS) is 12.3. The van der Waals surface area contributed by atoms with Crippen LogP contribution in [0.1, 0.15) is 43.7 Å². The molecule has 0 saturated carbocycles. The molecule has 2 aromatic carbocycles. The van der Waals surface area contributed by atoms with E-state index in [9.17, 15) is 24.3 Å². The number of hydrogen-bond acceptors (Lipinski definition) is 5. The molecule has 0 aromatic heterocycles.